The fraction of sp³-hybridized carbons (Fsp3) is 0.0345. The highest BCUT2D eigenvalue weighted by molar-refractivity contribution is 6.11. The zero-order valence-electron chi connectivity index (χ0n) is 36.2. The van der Waals surface area contributed by atoms with Gasteiger partial charge in [-0.15, -0.1) is 0 Å². The summed E-state index contributed by atoms with van der Waals surface area (Å²) in [4.78, 5) is 49.5. The van der Waals surface area contributed by atoms with Gasteiger partial charge in [-0.2, -0.15) is 0 Å². The minimum absolute atomic E-state index is 0.274. The van der Waals surface area contributed by atoms with E-state index < -0.39 is 23.9 Å². The van der Waals surface area contributed by atoms with Gasteiger partial charge < -0.3 is 18.9 Å². The molecular formula is C58H42O8. The molecule has 0 atom stereocenters. The normalized spacial score (nSPS) is 11.1. The van der Waals surface area contributed by atoms with E-state index in [0.29, 0.717) is 34.1 Å². The molecule has 0 aliphatic heterocycles. The second-order valence-corrected chi connectivity index (χ2v) is 15.5. The zero-order chi connectivity index (χ0) is 46.2. The number of carbonyl (C=O) groups excluding carboxylic acids is 4. The Labute approximate surface area is 382 Å². The summed E-state index contributed by atoms with van der Waals surface area (Å²) in [6, 6.07) is 52.1. The van der Waals surface area contributed by atoms with Crippen molar-refractivity contribution in [1.29, 1.82) is 0 Å². The lowest BCUT2D eigenvalue weighted by Crippen LogP contribution is -2.10. The smallest absolute Gasteiger partial charge is 0.343 e. The maximum Gasteiger partial charge on any atom is 0.343 e. The third kappa shape index (κ3) is 10.3. The van der Waals surface area contributed by atoms with Crippen LogP contribution in [0, 0.1) is 0 Å². The summed E-state index contributed by atoms with van der Waals surface area (Å²) in [5, 5.41) is 4.41. The monoisotopic (exact) mass is 866 g/mol. The molecule has 0 spiro atoms. The molecule has 8 aromatic rings. The van der Waals surface area contributed by atoms with Crippen LogP contribution in [0.4, 0.5) is 0 Å². The molecule has 66 heavy (non-hydrogen) atoms. The molecule has 0 radical (unpaired) electrons. The van der Waals surface area contributed by atoms with Gasteiger partial charge in [-0.25, -0.2) is 19.2 Å². The number of carbonyl (C=O) groups is 4. The number of fused-ring (bicyclic) bond motifs is 2. The molecule has 0 unspecified atom stereocenters. The third-order valence-electron chi connectivity index (χ3n) is 10.6. The molecule has 8 nitrogen and oxygen atoms in total. The molecule has 8 heteroatoms. The predicted octanol–water partition coefficient (Wildman–Crippen LogP) is 13.4. The van der Waals surface area contributed by atoms with Gasteiger partial charge >= 0.3 is 23.9 Å². The molecule has 0 heterocycles. The van der Waals surface area contributed by atoms with Gasteiger partial charge in [0.1, 0.15) is 23.0 Å². The average Bonchev–Trinajstić information content (AvgIpc) is 3.33. The minimum Gasteiger partial charge on any atom is -0.423 e. The van der Waals surface area contributed by atoms with Gasteiger partial charge in [-0.3, -0.25) is 0 Å². The second kappa shape index (κ2) is 19.7. The molecule has 0 bridgehead atoms. The van der Waals surface area contributed by atoms with E-state index in [-0.39, 0.29) is 11.1 Å². The third-order valence-corrected chi connectivity index (χ3v) is 10.6. The van der Waals surface area contributed by atoms with Crippen LogP contribution in [-0.4, -0.2) is 23.9 Å². The van der Waals surface area contributed by atoms with E-state index in [4.69, 9.17) is 18.9 Å². The van der Waals surface area contributed by atoms with Gasteiger partial charge in [0.25, 0.3) is 0 Å². The van der Waals surface area contributed by atoms with E-state index in [1.54, 1.807) is 38.1 Å². The van der Waals surface area contributed by atoms with Gasteiger partial charge in [-0.05, 0) is 142 Å². The van der Waals surface area contributed by atoms with Crippen LogP contribution in [0.15, 0.2) is 194 Å². The van der Waals surface area contributed by atoms with Gasteiger partial charge in [-0.1, -0.05) is 135 Å². The lowest BCUT2D eigenvalue weighted by molar-refractivity contribution is -0.130. The fourth-order valence-electron chi connectivity index (χ4n) is 7.12. The summed E-state index contributed by atoms with van der Waals surface area (Å²) >= 11 is 0. The first kappa shape index (κ1) is 43.8. The highest BCUT2D eigenvalue weighted by Crippen LogP contribution is 2.41. The van der Waals surface area contributed by atoms with Crippen LogP contribution in [-0.2, 0) is 9.59 Å². The molecular weight excluding hydrogens is 825 g/mol. The van der Waals surface area contributed by atoms with E-state index in [9.17, 15) is 19.2 Å². The standard InChI is InChI=1S/C58H42O8/c1-37(2)55(59)63-49-33-25-45(26-34-49)57(61)65-47-29-15-39(16-30-47)13-19-43-23-21-41-9-5-7-11-51(41)53(43)54-44(24-22-42-10-6-8-12-52(42)54)20-14-40-17-31-48(32-18-40)66-58(62)46-27-35-50(36-28-46)64-56(60)38(3)4/h5-36H,1,3H2,2,4H3/b19-13+,20-14+. The van der Waals surface area contributed by atoms with Crippen LogP contribution >= 0.6 is 0 Å². The maximum absolute atomic E-state index is 12.9. The van der Waals surface area contributed by atoms with Crippen LogP contribution in [0.1, 0.15) is 56.8 Å². The number of esters is 4. The molecule has 0 amide bonds. The van der Waals surface area contributed by atoms with Crippen molar-refractivity contribution in [2.75, 3.05) is 0 Å². The Balaban J connectivity index is 1.03. The Morgan fingerprint density at radius 1 is 0.379 bits per heavy atom. The first-order chi connectivity index (χ1) is 32.0. The Morgan fingerprint density at radius 2 is 0.712 bits per heavy atom. The SMILES string of the molecule is C=C(C)C(=O)Oc1ccc(C(=O)Oc2ccc(/C=C/c3ccc4ccccc4c3-c3c(/C=C/c4ccc(OC(=O)c5ccc(OC(=O)C(=C)C)cc5)cc4)ccc4ccccc34)cc2)cc1. The number of rotatable bonds is 13. The fourth-order valence-corrected chi connectivity index (χ4v) is 7.12. The Kier molecular flexibility index (Phi) is 13.0. The summed E-state index contributed by atoms with van der Waals surface area (Å²) in [6.07, 6.45) is 8.28. The number of ether oxygens (including phenoxy) is 4. The van der Waals surface area contributed by atoms with Crippen LogP contribution in [0.5, 0.6) is 23.0 Å². The van der Waals surface area contributed by atoms with Crippen LogP contribution < -0.4 is 18.9 Å². The summed E-state index contributed by atoms with van der Waals surface area (Å²) in [6.45, 7) is 10.3. The van der Waals surface area contributed by atoms with E-state index in [1.807, 2.05) is 48.6 Å². The lowest BCUT2D eigenvalue weighted by atomic mass is 9.86. The molecule has 0 saturated heterocycles. The van der Waals surface area contributed by atoms with Crippen molar-refractivity contribution in [1.82, 2.24) is 0 Å². The summed E-state index contributed by atoms with van der Waals surface area (Å²) in [7, 11) is 0. The molecule has 0 saturated carbocycles. The first-order valence-corrected chi connectivity index (χ1v) is 21.0. The average molecular weight is 867 g/mol. The molecule has 0 aliphatic rings. The second-order valence-electron chi connectivity index (χ2n) is 15.5. The number of hydrogen-bond acceptors (Lipinski definition) is 8. The van der Waals surface area contributed by atoms with Crippen molar-refractivity contribution in [3.8, 4) is 34.1 Å². The van der Waals surface area contributed by atoms with Crippen molar-refractivity contribution in [3.05, 3.63) is 228 Å². The predicted molar refractivity (Wildman–Crippen MR) is 261 cm³/mol. The van der Waals surface area contributed by atoms with Gasteiger partial charge in [0.05, 0.1) is 11.1 Å². The molecule has 8 aromatic carbocycles. The van der Waals surface area contributed by atoms with Gasteiger partial charge in [0, 0.05) is 11.1 Å². The quantitative estimate of drug-likeness (QED) is 0.0488. The Morgan fingerprint density at radius 3 is 1.08 bits per heavy atom. The Bertz CT molecular complexity index is 3010. The highest BCUT2D eigenvalue weighted by Gasteiger charge is 2.17. The molecule has 322 valence electrons. The molecule has 8 rings (SSSR count). The number of benzene rings is 8. The zero-order valence-corrected chi connectivity index (χ0v) is 36.2. The van der Waals surface area contributed by atoms with Gasteiger partial charge in [0.2, 0.25) is 0 Å². The van der Waals surface area contributed by atoms with Crippen LogP contribution in [0.2, 0.25) is 0 Å². The van der Waals surface area contributed by atoms with E-state index in [1.165, 1.54) is 48.5 Å². The van der Waals surface area contributed by atoms with Crippen molar-refractivity contribution in [3.63, 3.8) is 0 Å². The summed E-state index contributed by atoms with van der Waals surface area (Å²) in [5.41, 5.74) is 7.17. The largest absolute Gasteiger partial charge is 0.423 e. The van der Waals surface area contributed by atoms with Crippen LogP contribution in [0.25, 0.3) is 57.0 Å². The molecule has 0 aliphatic carbocycles. The molecule has 0 fully saturated rings. The van der Waals surface area contributed by atoms with Crippen molar-refractivity contribution < 1.29 is 38.1 Å². The number of hydrogen-bond donors (Lipinski definition) is 0. The molecule has 0 N–H and O–H groups in total. The van der Waals surface area contributed by atoms with E-state index in [2.05, 4.69) is 86.0 Å². The van der Waals surface area contributed by atoms with E-state index in [0.717, 1.165) is 54.9 Å². The van der Waals surface area contributed by atoms with Crippen molar-refractivity contribution >= 4 is 69.7 Å². The Hall–Kier alpha value is -8.88. The highest BCUT2D eigenvalue weighted by atomic mass is 16.5. The topological polar surface area (TPSA) is 105 Å². The summed E-state index contributed by atoms with van der Waals surface area (Å²) < 4.78 is 21.7. The van der Waals surface area contributed by atoms with Crippen molar-refractivity contribution in [2.45, 2.75) is 13.8 Å². The van der Waals surface area contributed by atoms with E-state index >= 15 is 0 Å². The maximum atomic E-state index is 12.9. The first-order valence-electron chi connectivity index (χ1n) is 21.0. The molecule has 0 aromatic heterocycles. The van der Waals surface area contributed by atoms with Crippen molar-refractivity contribution in [2.24, 2.45) is 0 Å². The van der Waals surface area contributed by atoms with Crippen LogP contribution in [0.3, 0.4) is 0 Å². The van der Waals surface area contributed by atoms with Gasteiger partial charge in [0.15, 0.2) is 0 Å². The summed E-state index contributed by atoms with van der Waals surface area (Å²) in [5.74, 6) is -0.791. The minimum atomic E-state index is -0.542. The lowest BCUT2D eigenvalue weighted by Gasteiger charge is -2.17.